The van der Waals surface area contributed by atoms with Gasteiger partial charge in [0.2, 0.25) is 0 Å². The van der Waals surface area contributed by atoms with Gasteiger partial charge in [-0.3, -0.25) is 0 Å². The van der Waals surface area contributed by atoms with Gasteiger partial charge in [-0.15, -0.1) is 0 Å². The van der Waals surface area contributed by atoms with Crippen LogP contribution in [0.1, 0.15) is 26.2 Å². The number of nitrogens with zero attached hydrogens (tertiary/aromatic N) is 2. The van der Waals surface area contributed by atoms with Crippen LogP contribution in [0.5, 0.6) is 0 Å². The van der Waals surface area contributed by atoms with E-state index in [2.05, 4.69) is 29.1 Å². The van der Waals surface area contributed by atoms with Crippen molar-refractivity contribution in [3.63, 3.8) is 0 Å². The molecule has 2 aliphatic rings. The van der Waals surface area contributed by atoms with Crippen LogP contribution in [0.25, 0.3) is 0 Å². The van der Waals surface area contributed by atoms with Crippen LogP contribution in [0.2, 0.25) is 0 Å². The maximum Gasteiger partial charge on any atom is 0.00884 e. The molecule has 2 fully saturated rings. The van der Waals surface area contributed by atoms with Crippen molar-refractivity contribution in [2.45, 2.75) is 32.2 Å². The predicted molar refractivity (Wildman–Crippen MR) is 68.7 cm³/mol. The molecule has 0 aliphatic carbocycles. The molecule has 0 bridgehead atoms. The zero-order valence-electron chi connectivity index (χ0n) is 10.9. The SMILES string of the molecule is CCN1CCC(CN2CCC(NC)CC2)C1. The maximum absolute atomic E-state index is 3.40. The number of piperidine rings is 1. The van der Waals surface area contributed by atoms with Crippen molar-refractivity contribution in [1.29, 1.82) is 0 Å². The van der Waals surface area contributed by atoms with Crippen LogP contribution in [0.3, 0.4) is 0 Å². The fourth-order valence-corrected chi connectivity index (χ4v) is 3.12. The molecule has 0 aromatic rings. The minimum atomic E-state index is 0.770. The summed E-state index contributed by atoms with van der Waals surface area (Å²) in [5, 5.41) is 3.40. The molecule has 3 nitrogen and oxygen atoms in total. The van der Waals surface area contributed by atoms with E-state index in [0.29, 0.717) is 0 Å². The molecule has 3 heteroatoms. The van der Waals surface area contributed by atoms with E-state index in [1.165, 1.54) is 58.5 Å². The third-order valence-electron chi connectivity index (χ3n) is 4.33. The molecule has 16 heavy (non-hydrogen) atoms. The summed E-state index contributed by atoms with van der Waals surface area (Å²) in [5.74, 6) is 0.936. The first-order valence-corrected chi connectivity index (χ1v) is 6.93. The summed E-state index contributed by atoms with van der Waals surface area (Å²) >= 11 is 0. The fourth-order valence-electron chi connectivity index (χ4n) is 3.12. The summed E-state index contributed by atoms with van der Waals surface area (Å²) in [6.07, 6.45) is 4.08. The Hall–Kier alpha value is -0.120. The molecule has 1 unspecified atom stereocenters. The average Bonchev–Trinajstić information content (AvgIpc) is 2.78. The van der Waals surface area contributed by atoms with Gasteiger partial charge < -0.3 is 15.1 Å². The number of rotatable bonds is 4. The highest BCUT2D eigenvalue weighted by molar-refractivity contribution is 4.81. The van der Waals surface area contributed by atoms with Crippen LogP contribution < -0.4 is 5.32 Å². The molecule has 94 valence electrons. The van der Waals surface area contributed by atoms with Gasteiger partial charge in [-0.05, 0) is 58.4 Å². The molecule has 0 aromatic heterocycles. The van der Waals surface area contributed by atoms with E-state index >= 15 is 0 Å². The van der Waals surface area contributed by atoms with Gasteiger partial charge in [0.05, 0.1) is 0 Å². The quantitative estimate of drug-likeness (QED) is 0.770. The van der Waals surface area contributed by atoms with E-state index < -0.39 is 0 Å². The Labute approximate surface area is 100 Å². The molecule has 0 saturated carbocycles. The van der Waals surface area contributed by atoms with Crippen molar-refractivity contribution in [2.24, 2.45) is 5.92 Å². The molecule has 1 atom stereocenters. The van der Waals surface area contributed by atoms with E-state index in [0.717, 1.165) is 12.0 Å². The Bertz CT molecular complexity index is 199. The molecule has 0 amide bonds. The highest BCUT2D eigenvalue weighted by atomic mass is 15.2. The lowest BCUT2D eigenvalue weighted by Gasteiger charge is -2.33. The molecule has 1 N–H and O–H groups in total. The predicted octanol–water partition coefficient (Wildman–Crippen LogP) is 1.01. The summed E-state index contributed by atoms with van der Waals surface area (Å²) in [5.41, 5.74) is 0. The van der Waals surface area contributed by atoms with Gasteiger partial charge in [0, 0.05) is 19.1 Å². The van der Waals surface area contributed by atoms with Crippen molar-refractivity contribution in [3.05, 3.63) is 0 Å². The zero-order valence-corrected chi connectivity index (χ0v) is 10.9. The van der Waals surface area contributed by atoms with Gasteiger partial charge in [-0.1, -0.05) is 6.92 Å². The molecular weight excluding hydrogens is 198 g/mol. The van der Waals surface area contributed by atoms with Gasteiger partial charge in [-0.25, -0.2) is 0 Å². The van der Waals surface area contributed by atoms with Crippen LogP contribution in [0.15, 0.2) is 0 Å². The lowest BCUT2D eigenvalue weighted by molar-refractivity contribution is 0.174. The minimum Gasteiger partial charge on any atom is -0.317 e. The summed E-state index contributed by atoms with van der Waals surface area (Å²) in [6, 6.07) is 0.770. The second-order valence-corrected chi connectivity index (χ2v) is 5.41. The van der Waals surface area contributed by atoms with E-state index in [9.17, 15) is 0 Å². The smallest absolute Gasteiger partial charge is 0.00884 e. The molecule has 2 saturated heterocycles. The van der Waals surface area contributed by atoms with Crippen LogP contribution in [-0.4, -0.2) is 62.2 Å². The highest BCUT2D eigenvalue weighted by Gasteiger charge is 2.25. The third-order valence-corrected chi connectivity index (χ3v) is 4.33. The minimum absolute atomic E-state index is 0.770. The second kappa shape index (κ2) is 5.99. The highest BCUT2D eigenvalue weighted by Crippen LogP contribution is 2.19. The first-order chi connectivity index (χ1) is 7.81. The van der Waals surface area contributed by atoms with E-state index in [4.69, 9.17) is 0 Å². The van der Waals surface area contributed by atoms with Crippen molar-refractivity contribution in [1.82, 2.24) is 15.1 Å². The van der Waals surface area contributed by atoms with Crippen molar-refractivity contribution in [2.75, 3.05) is 46.3 Å². The summed E-state index contributed by atoms with van der Waals surface area (Å²) in [7, 11) is 2.09. The molecule has 0 aromatic carbocycles. The monoisotopic (exact) mass is 225 g/mol. The zero-order chi connectivity index (χ0) is 11.4. The van der Waals surface area contributed by atoms with Crippen molar-refractivity contribution < 1.29 is 0 Å². The Kier molecular flexibility index (Phi) is 4.62. The Balaban J connectivity index is 1.67. The molecule has 2 aliphatic heterocycles. The first kappa shape index (κ1) is 12.3. The van der Waals surface area contributed by atoms with Gasteiger partial charge >= 0.3 is 0 Å². The van der Waals surface area contributed by atoms with Gasteiger partial charge in [-0.2, -0.15) is 0 Å². The third kappa shape index (κ3) is 3.19. The van der Waals surface area contributed by atoms with Gasteiger partial charge in [0.1, 0.15) is 0 Å². The summed E-state index contributed by atoms with van der Waals surface area (Å²) in [4.78, 5) is 5.27. The van der Waals surface area contributed by atoms with Crippen LogP contribution in [0, 0.1) is 5.92 Å². The maximum atomic E-state index is 3.40. The number of hydrogen-bond donors (Lipinski definition) is 1. The standard InChI is InChI=1S/C13H27N3/c1-3-15-7-4-12(10-15)11-16-8-5-13(14-2)6-9-16/h12-14H,3-11H2,1-2H3. The molecule has 0 radical (unpaired) electrons. The second-order valence-electron chi connectivity index (χ2n) is 5.41. The summed E-state index contributed by atoms with van der Waals surface area (Å²) < 4.78 is 0. The van der Waals surface area contributed by atoms with E-state index in [1.54, 1.807) is 0 Å². The summed E-state index contributed by atoms with van der Waals surface area (Å²) in [6.45, 7) is 10.1. The van der Waals surface area contributed by atoms with Crippen LogP contribution >= 0.6 is 0 Å². The van der Waals surface area contributed by atoms with Gasteiger partial charge in [0.15, 0.2) is 0 Å². The molecule has 0 spiro atoms. The Morgan fingerprint density at radius 3 is 2.31 bits per heavy atom. The lowest BCUT2D eigenvalue weighted by Crippen LogP contribution is -2.43. The molecule has 2 heterocycles. The van der Waals surface area contributed by atoms with E-state index in [-0.39, 0.29) is 0 Å². The Morgan fingerprint density at radius 2 is 1.75 bits per heavy atom. The number of nitrogens with one attached hydrogen (secondary N) is 1. The van der Waals surface area contributed by atoms with Crippen molar-refractivity contribution >= 4 is 0 Å². The van der Waals surface area contributed by atoms with Crippen molar-refractivity contribution in [3.8, 4) is 0 Å². The molecule has 2 rings (SSSR count). The largest absolute Gasteiger partial charge is 0.317 e. The van der Waals surface area contributed by atoms with Crippen LogP contribution in [0.4, 0.5) is 0 Å². The lowest BCUT2D eigenvalue weighted by atomic mass is 10.0. The first-order valence-electron chi connectivity index (χ1n) is 6.93. The topological polar surface area (TPSA) is 18.5 Å². The number of likely N-dealkylation sites (tertiary alicyclic amines) is 2. The number of hydrogen-bond acceptors (Lipinski definition) is 3. The van der Waals surface area contributed by atoms with E-state index in [1.807, 2.05) is 0 Å². The van der Waals surface area contributed by atoms with Crippen LogP contribution in [-0.2, 0) is 0 Å². The molecular formula is C13H27N3. The fraction of sp³-hybridized carbons (Fsp3) is 1.00. The average molecular weight is 225 g/mol. The normalized spacial score (nSPS) is 30.0. The van der Waals surface area contributed by atoms with Gasteiger partial charge in [0.25, 0.3) is 0 Å². The Morgan fingerprint density at radius 1 is 1.06 bits per heavy atom.